The van der Waals surface area contributed by atoms with Gasteiger partial charge in [0, 0.05) is 36.1 Å². The van der Waals surface area contributed by atoms with Gasteiger partial charge >= 0.3 is 6.09 Å². The Hall–Kier alpha value is -3.55. The SMILES string of the molecule is CCOC(=O)Nc1[c]ccc(NC(=O)c2cccc(NC3=NCCCN3)c2)c1. The minimum atomic E-state index is -0.569. The molecule has 0 unspecified atom stereocenters. The van der Waals surface area contributed by atoms with Gasteiger partial charge in [-0.1, -0.05) is 12.1 Å². The first kappa shape index (κ1) is 19.2. The molecule has 0 atom stereocenters. The second kappa shape index (κ2) is 9.40. The lowest BCUT2D eigenvalue weighted by Gasteiger charge is -2.16. The predicted octanol–water partition coefficient (Wildman–Crippen LogP) is 3.07. The Kier molecular flexibility index (Phi) is 6.46. The average Bonchev–Trinajstić information content (AvgIpc) is 2.69. The zero-order valence-corrected chi connectivity index (χ0v) is 15.5. The van der Waals surface area contributed by atoms with Crippen molar-refractivity contribution in [3.8, 4) is 0 Å². The molecule has 4 N–H and O–H groups in total. The molecule has 0 bridgehead atoms. The first-order valence-electron chi connectivity index (χ1n) is 9.06. The third-order valence-electron chi connectivity index (χ3n) is 3.86. The van der Waals surface area contributed by atoms with Gasteiger partial charge in [0.1, 0.15) is 0 Å². The standard InChI is InChI=1S/C20H22N5O3/c1-2-28-20(27)25-17-9-4-8-16(13-17)23-18(26)14-6-3-7-15(12-14)24-19-21-10-5-11-22-19/h3-4,6-8,12-13H,2,5,10-11H2,1H3,(H,23,26)(H,25,27)(H2,21,22,24). The summed E-state index contributed by atoms with van der Waals surface area (Å²) in [5.41, 5.74) is 2.21. The van der Waals surface area contributed by atoms with Crippen LogP contribution >= 0.6 is 0 Å². The van der Waals surface area contributed by atoms with Crippen LogP contribution in [-0.2, 0) is 4.74 Å². The highest BCUT2D eigenvalue weighted by Crippen LogP contribution is 2.17. The Morgan fingerprint density at radius 2 is 2.11 bits per heavy atom. The molecule has 1 heterocycles. The molecular weight excluding hydrogens is 358 g/mol. The largest absolute Gasteiger partial charge is 0.450 e. The molecule has 8 nitrogen and oxygen atoms in total. The van der Waals surface area contributed by atoms with E-state index in [-0.39, 0.29) is 12.5 Å². The molecule has 0 spiro atoms. The fourth-order valence-electron chi connectivity index (χ4n) is 2.59. The maximum atomic E-state index is 12.6. The van der Waals surface area contributed by atoms with Crippen molar-refractivity contribution in [3.63, 3.8) is 0 Å². The van der Waals surface area contributed by atoms with Crippen molar-refractivity contribution in [2.24, 2.45) is 4.99 Å². The maximum Gasteiger partial charge on any atom is 0.411 e. The number of guanidine groups is 1. The normalized spacial score (nSPS) is 13.0. The number of rotatable bonds is 5. The minimum Gasteiger partial charge on any atom is -0.450 e. The van der Waals surface area contributed by atoms with Gasteiger partial charge in [0.05, 0.1) is 12.3 Å². The van der Waals surface area contributed by atoms with Crippen molar-refractivity contribution in [3.05, 3.63) is 54.1 Å². The molecule has 2 aromatic carbocycles. The van der Waals surface area contributed by atoms with Crippen molar-refractivity contribution in [1.82, 2.24) is 5.32 Å². The van der Waals surface area contributed by atoms with Gasteiger partial charge in [-0.2, -0.15) is 0 Å². The Bertz CT molecular complexity index is 882. The highest BCUT2D eigenvalue weighted by Gasteiger charge is 2.10. The highest BCUT2D eigenvalue weighted by molar-refractivity contribution is 6.05. The van der Waals surface area contributed by atoms with Gasteiger partial charge in [-0.05, 0) is 43.7 Å². The van der Waals surface area contributed by atoms with Gasteiger partial charge in [-0.15, -0.1) is 0 Å². The number of hydrogen-bond acceptors (Lipinski definition) is 6. The molecule has 2 amide bonds. The van der Waals surface area contributed by atoms with E-state index in [0.29, 0.717) is 22.9 Å². The third kappa shape index (κ3) is 5.47. The number of aliphatic imine (C=N–C) groups is 1. The monoisotopic (exact) mass is 380 g/mol. The van der Waals surface area contributed by atoms with Crippen molar-refractivity contribution < 1.29 is 14.3 Å². The first-order chi connectivity index (χ1) is 13.6. The molecule has 0 fully saturated rings. The lowest BCUT2D eigenvalue weighted by atomic mass is 10.1. The molecule has 2 aromatic rings. The van der Waals surface area contributed by atoms with E-state index in [1.807, 2.05) is 6.07 Å². The molecule has 0 saturated carbocycles. The quantitative estimate of drug-likeness (QED) is 0.638. The number of ether oxygens (including phenoxy) is 1. The molecule has 8 heteroatoms. The number of benzene rings is 2. The molecule has 0 aliphatic carbocycles. The zero-order valence-electron chi connectivity index (χ0n) is 15.5. The Labute approximate surface area is 163 Å². The predicted molar refractivity (Wildman–Crippen MR) is 109 cm³/mol. The van der Waals surface area contributed by atoms with Crippen LogP contribution in [0.15, 0.2) is 47.5 Å². The maximum absolute atomic E-state index is 12.6. The molecule has 145 valence electrons. The molecule has 1 aliphatic heterocycles. The molecule has 3 rings (SSSR count). The number of nitrogens with zero attached hydrogens (tertiary/aromatic N) is 1. The Morgan fingerprint density at radius 1 is 1.21 bits per heavy atom. The van der Waals surface area contributed by atoms with E-state index in [0.717, 1.165) is 25.2 Å². The van der Waals surface area contributed by atoms with E-state index in [2.05, 4.69) is 32.3 Å². The van der Waals surface area contributed by atoms with E-state index < -0.39 is 6.09 Å². The molecular formula is C20H22N5O3. The van der Waals surface area contributed by atoms with Gasteiger partial charge in [-0.3, -0.25) is 15.1 Å². The number of carbonyl (C=O) groups is 2. The van der Waals surface area contributed by atoms with Crippen molar-refractivity contribution in [2.45, 2.75) is 13.3 Å². The third-order valence-corrected chi connectivity index (χ3v) is 3.86. The number of carbonyl (C=O) groups excluding carboxylic acids is 2. The lowest BCUT2D eigenvalue weighted by molar-refractivity contribution is 0.102. The summed E-state index contributed by atoms with van der Waals surface area (Å²) in [6.45, 7) is 3.65. The summed E-state index contributed by atoms with van der Waals surface area (Å²) >= 11 is 0. The van der Waals surface area contributed by atoms with Gasteiger partial charge in [0.2, 0.25) is 0 Å². The molecule has 0 aromatic heterocycles. The van der Waals surface area contributed by atoms with Crippen molar-refractivity contribution >= 4 is 35.0 Å². The van der Waals surface area contributed by atoms with Crippen molar-refractivity contribution in [2.75, 3.05) is 35.6 Å². The molecule has 28 heavy (non-hydrogen) atoms. The van der Waals surface area contributed by atoms with Gasteiger partial charge in [0.15, 0.2) is 5.96 Å². The van der Waals surface area contributed by atoms with Crippen LogP contribution in [0.1, 0.15) is 23.7 Å². The van der Waals surface area contributed by atoms with Crippen LogP contribution in [0, 0.1) is 6.07 Å². The summed E-state index contributed by atoms with van der Waals surface area (Å²) in [7, 11) is 0. The second-order valence-corrected chi connectivity index (χ2v) is 6.01. The number of amides is 2. The van der Waals surface area contributed by atoms with Gasteiger partial charge in [-0.25, -0.2) is 4.79 Å². The lowest BCUT2D eigenvalue weighted by Crippen LogP contribution is -2.35. The van der Waals surface area contributed by atoms with Crippen LogP contribution in [0.2, 0.25) is 0 Å². The van der Waals surface area contributed by atoms with Crippen LogP contribution in [0.25, 0.3) is 0 Å². The van der Waals surface area contributed by atoms with E-state index in [1.54, 1.807) is 43.3 Å². The highest BCUT2D eigenvalue weighted by atomic mass is 16.5. The van der Waals surface area contributed by atoms with Crippen LogP contribution < -0.4 is 21.3 Å². The molecule has 0 saturated heterocycles. The molecule has 1 aliphatic rings. The first-order valence-corrected chi connectivity index (χ1v) is 9.06. The fourth-order valence-corrected chi connectivity index (χ4v) is 2.59. The Balaban J connectivity index is 1.65. The minimum absolute atomic E-state index is 0.268. The second-order valence-electron chi connectivity index (χ2n) is 6.01. The smallest absolute Gasteiger partial charge is 0.411 e. The number of nitrogens with one attached hydrogen (secondary N) is 4. The summed E-state index contributed by atoms with van der Waals surface area (Å²) in [5.74, 6) is 0.438. The average molecular weight is 380 g/mol. The van der Waals surface area contributed by atoms with Gasteiger partial charge < -0.3 is 20.7 Å². The van der Waals surface area contributed by atoms with Crippen LogP contribution in [0.5, 0.6) is 0 Å². The summed E-state index contributed by atoms with van der Waals surface area (Å²) in [6.07, 6.45) is 0.440. The van der Waals surface area contributed by atoms with Crippen LogP contribution in [0.4, 0.5) is 21.9 Å². The van der Waals surface area contributed by atoms with Crippen LogP contribution in [-0.4, -0.2) is 37.7 Å². The number of anilines is 3. The van der Waals surface area contributed by atoms with Gasteiger partial charge in [0.25, 0.3) is 5.91 Å². The summed E-state index contributed by atoms with van der Waals surface area (Å²) in [4.78, 5) is 28.5. The Morgan fingerprint density at radius 3 is 2.89 bits per heavy atom. The summed E-state index contributed by atoms with van der Waals surface area (Å²) in [5, 5.41) is 11.7. The summed E-state index contributed by atoms with van der Waals surface area (Å²) < 4.78 is 4.83. The molecule has 1 radical (unpaired) electrons. The van der Waals surface area contributed by atoms with E-state index in [1.165, 1.54) is 0 Å². The fraction of sp³-hybridized carbons (Fsp3) is 0.250. The van der Waals surface area contributed by atoms with E-state index in [9.17, 15) is 9.59 Å². The summed E-state index contributed by atoms with van der Waals surface area (Å²) in [6, 6.07) is 14.9. The van der Waals surface area contributed by atoms with Crippen molar-refractivity contribution in [1.29, 1.82) is 0 Å². The number of hydrogen-bond donors (Lipinski definition) is 4. The van der Waals surface area contributed by atoms with Crippen LogP contribution in [0.3, 0.4) is 0 Å². The van der Waals surface area contributed by atoms with E-state index in [4.69, 9.17) is 4.74 Å². The topological polar surface area (TPSA) is 104 Å². The zero-order chi connectivity index (χ0) is 19.8. The van der Waals surface area contributed by atoms with E-state index >= 15 is 0 Å².